The monoisotopic (exact) mass is 240 g/mol. The molecule has 2 nitrogen and oxygen atoms in total. The first-order valence-electron chi connectivity index (χ1n) is 5.45. The quantitative estimate of drug-likeness (QED) is 0.816. The van der Waals surface area contributed by atoms with E-state index < -0.39 is 0 Å². The Bertz CT molecular complexity index is 340. The second-order valence-corrected chi connectivity index (χ2v) is 5.62. The second-order valence-electron chi connectivity index (χ2n) is 4.17. The summed E-state index contributed by atoms with van der Waals surface area (Å²) in [5.41, 5.74) is 1.86. The SMILES string of the molecule is COC(C)C(C)Sc1cc(C)c(O)c(C)c1. The van der Waals surface area contributed by atoms with Crippen molar-refractivity contribution < 1.29 is 9.84 Å². The molecule has 0 fully saturated rings. The molecule has 2 atom stereocenters. The first-order valence-corrected chi connectivity index (χ1v) is 6.33. The van der Waals surface area contributed by atoms with Gasteiger partial charge in [0, 0.05) is 17.3 Å². The van der Waals surface area contributed by atoms with E-state index in [0.29, 0.717) is 11.0 Å². The molecule has 0 amide bonds. The predicted molar refractivity (Wildman–Crippen MR) is 69.4 cm³/mol. The van der Waals surface area contributed by atoms with Crippen molar-refractivity contribution in [2.24, 2.45) is 0 Å². The zero-order chi connectivity index (χ0) is 12.3. The highest BCUT2D eigenvalue weighted by atomic mass is 32.2. The van der Waals surface area contributed by atoms with Crippen LogP contribution >= 0.6 is 11.8 Å². The van der Waals surface area contributed by atoms with Gasteiger partial charge in [-0.2, -0.15) is 0 Å². The Balaban J connectivity index is 2.82. The summed E-state index contributed by atoms with van der Waals surface area (Å²) in [6.45, 7) is 8.07. The minimum absolute atomic E-state index is 0.222. The van der Waals surface area contributed by atoms with Crippen LogP contribution in [0.5, 0.6) is 5.75 Å². The normalized spacial score (nSPS) is 14.8. The van der Waals surface area contributed by atoms with Gasteiger partial charge >= 0.3 is 0 Å². The Morgan fingerprint density at radius 1 is 1.19 bits per heavy atom. The number of thioether (sulfide) groups is 1. The van der Waals surface area contributed by atoms with Crippen molar-refractivity contribution in [1.82, 2.24) is 0 Å². The fraction of sp³-hybridized carbons (Fsp3) is 0.538. The lowest BCUT2D eigenvalue weighted by Crippen LogP contribution is -2.18. The van der Waals surface area contributed by atoms with Crippen molar-refractivity contribution in [1.29, 1.82) is 0 Å². The molecule has 2 unspecified atom stereocenters. The van der Waals surface area contributed by atoms with E-state index in [1.807, 2.05) is 26.0 Å². The van der Waals surface area contributed by atoms with Gasteiger partial charge in [0.2, 0.25) is 0 Å². The van der Waals surface area contributed by atoms with Crippen LogP contribution in [-0.2, 0) is 4.74 Å². The largest absolute Gasteiger partial charge is 0.507 e. The topological polar surface area (TPSA) is 29.5 Å². The van der Waals surface area contributed by atoms with Crippen LogP contribution in [0.2, 0.25) is 0 Å². The fourth-order valence-corrected chi connectivity index (χ4v) is 2.71. The molecule has 0 radical (unpaired) electrons. The third-order valence-corrected chi connectivity index (χ3v) is 4.08. The van der Waals surface area contributed by atoms with Crippen molar-refractivity contribution in [3.63, 3.8) is 0 Å². The van der Waals surface area contributed by atoms with Gasteiger partial charge in [-0.25, -0.2) is 0 Å². The van der Waals surface area contributed by atoms with Crippen LogP contribution in [0, 0.1) is 13.8 Å². The van der Waals surface area contributed by atoms with E-state index in [1.54, 1.807) is 18.9 Å². The van der Waals surface area contributed by atoms with Gasteiger partial charge in [0.15, 0.2) is 0 Å². The van der Waals surface area contributed by atoms with Gasteiger partial charge in [-0.3, -0.25) is 0 Å². The van der Waals surface area contributed by atoms with Gasteiger partial charge in [-0.05, 0) is 44.0 Å². The highest BCUT2D eigenvalue weighted by Crippen LogP contribution is 2.32. The maximum absolute atomic E-state index is 9.69. The molecule has 1 aromatic rings. The molecule has 90 valence electrons. The molecule has 1 aromatic carbocycles. The first kappa shape index (κ1) is 13.4. The van der Waals surface area contributed by atoms with Crippen molar-refractivity contribution in [3.8, 4) is 5.75 Å². The Morgan fingerprint density at radius 2 is 1.69 bits per heavy atom. The van der Waals surface area contributed by atoms with E-state index in [0.717, 1.165) is 11.1 Å². The number of ether oxygens (including phenoxy) is 1. The van der Waals surface area contributed by atoms with Crippen molar-refractivity contribution in [3.05, 3.63) is 23.3 Å². The average Bonchev–Trinajstić information content (AvgIpc) is 2.24. The summed E-state index contributed by atoms with van der Waals surface area (Å²) in [7, 11) is 1.73. The molecule has 0 aromatic heterocycles. The fourth-order valence-electron chi connectivity index (χ4n) is 1.49. The Kier molecular flexibility index (Phi) is 4.69. The van der Waals surface area contributed by atoms with Crippen LogP contribution in [0.1, 0.15) is 25.0 Å². The zero-order valence-electron chi connectivity index (χ0n) is 10.6. The maximum Gasteiger partial charge on any atom is 0.121 e. The molecule has 1 rings (SSSR count). The van der Waals surface area contributed by atoms with Crippen LogP contribution in [0.25, 0.3) is 0 Å². The van der Waals surface area contributed by atoms with Gasteiger partial charge in [-0.1, -0.05) is 6.92 Å². The molecule has 0 aliphatic heterocycles. The third-order valence-electron chi connectivity index (χ3n) is 2.82. The van der Waals surface area contributed by atoms with E-state index in [9.17, 15) is 5.11 Å². The number of rotatable bonds is 4. The molecule has 0 saturated heterocycles. The van der Waals surface area contributed by atoms with Gasteiger partial charge in [0.25, 0.3) is 0 Å². The van der Waals surface area contributed by atoms with Gasteiger partial charge in [0.05, 0.1) is 6.10 Å². The van der Waals surface area contributed by atoms with E-state index >= 15 is 0 Å². The molecule has 1 N–H and O–H groups in total. The number of aromatic hydroxyl groups is 1. The molecule has 16 heavy (non-hydrogen) atoms. The minimum atomic E-state index is 0.222. The van der Waals surface area contributed by atoms with Crippen molar-refractivity contribution in [2.45, 2.75) is 43.9 Å². The first-order chi connectivity index (χ1) is 7.45. The zero-order valence-corrected chi connectivity index (χ0v) is 11.4. The van der Waals surface area contributed by atoms with Crippen molar-refractivity contribution in [2.75, 3.05) is 7.11 Å². The molecular weight excluding hydrogens is 220 g/mol. The van der Waals surface area contributed by atoms with Gasteiger partial charge in [0.1, 0.15) is 5.75 Å². The summed E-state index contributed by atoms with van der Waals surface area (Å²) in [5.74, 6) is 0.400. The smallest absolute Gasteiger partial charge is 0.121 e. The average molecular weight is 240 g/mol. The molecule has 0 saturated carbocycles. The number of hydrogen-bond acceptors (Lipinski definition) is 3. The van der Waals surface area contributed by atoms with Crippen LogP contribution in [-0.4, -0.2) is 23.6 Å². The van der Waals surface area contributed by atoms with Crippen LogP contribution in [0.3, 0.4) is 0 Å². The van der Waals surface area contributed by atoms with E-state index in [4.69, 9.17) is 4.74 Å². The number of methoxy groups -OCH3 is 1. The Morgan fingerprint density at radius 3 is 2.12 bits per heavy atom. The minimum Gasteiger partial charge on any atom is -0.507 e. The van der Waals surface area contributed by atoms with Gasteiger partial charge in [-0.15, -0.1) is 11.8 Å². The molecule has 0 heterocycles. The molecular formula is C13H20O2S. The summed E-state index contributed by atoms with van der Waals surface area (Å²) in [6, 6.07) is 4.04. The van der Waals surface area contributed by atoms with E-state index in [2.05, 4.69) is 13.8 Å². The van der Waals surface area contributed by atoms with E-state index in [-0.39, 0.29) is 6.10 Å². The third kappa shape index (κ3) is 3.16. The lowest BCUT2D eigenvalue weighted by Gasteiger charge is -2.18. The molecule has 0 aliphatic rings. The predicted octanol–water partition coefficient (Wildman–Crippen LogP) is 3.52. The van der Waals surface area contributed by atoms with Gasteiger partial charge < -0.3 is 9.84 Å². The second kappa shape index (κ2) is 5.60. The number of phenolic OH excluding ortho intramolecular Hbond substituents is 1. The number of benzene rings is 1. The number of hydrogen-bond donors (Lipinski definition) is 1. The van der Waals surface area contributed by atoms with Crippen LogP contribution in [0.15, 0.2) is 17.0 Å². The molecule has 0 bridgehead atoms. The highest BCUT2D eigenvalue weighted by Gasteiger charge is 2.13. The summed E-state index contributed by atoms with van der Waals surface area (Å²) < 4.78 is 5.30. The Hall–Kier alpha value is -0.670. The molecule has 0 spiro atoms. The van der Waals surface area contributed by atoms with E-state index in [1.165, 1.54) is 4.90 Å². The van der Waals surface area contributed by atoms with Crippen LogP contribution < -0.4 is 0 Å². The molecule has 3 heteroatoms. The summed E-state index contributed by atoms with van der Waals surface area (Å²) in [4.78, 5) is 1.18. The maximum atomic E-state index is 9.69. The number of aryl methyl sites for hydroxylation is 2. The Labute approximate surface area is 102 Å². The highest BCUT2D eigenvalue weighted by molar-refractivity contribution is 8.00. The summed E-state index contributed by atoms with van der Waals surface area (Å²) >= 11 is 1.78. The molecule has 0 aliphatic carbocycles. The summed E-state index contributed by atoms with van der Waals surface area (Å²) in [5, 5.41) is 10.1. The summed E-state index contributed by atoms with van der Waals surface area (Å²) in [6.07, 6.45) is 0.222. The van der Waals surface area contributed by atoms with Crippen LogP contribution in [0.4, 0.5) is 0 Å². The lowest BCUT2D eigenvalue weighted by molar-refractivity contribution is 0.120. The lowest BCUT2D eigenvalue weighted by atomic mass is 10.1. The number of phenols is 1. The standard InChI is InChI=1S/C13H20O2S/c1-8-6-12(7-9(2)13(8)14)16-11(4)10(3)15-5/h6-7,10-11,14H,1-5H3. The van der Waals surface area contributed by atoms with Crippen molar-refractivity contribution >= 4 is 11.8 Å².